The number of rotatable bonds is 2. The molecule has 2 N–H and O–H groups in total. The van der Waals surface area contributed by atoms with Crippen molar-refractivity contribution in [2.75, 3.05) is 0 Å². The summed E-state index contributed by atoms with van der Waals surface area (Å²) in [6, 6.07) is 0. The molecule has 0 spiro atoms. The maximum atomic E-state index is 10.3. The minimum Gasteiger partial charge on any atom is -0.506 e. The fourth-order valence-corrected chi connectivity index (χ4v) is 3.39. The molecular formula is C15H19ClO2. The van der Waals surface area contributed by atoms with Crippen molar-refractivity contribution in [1.29, 1.82) is 0 Å². The Hall–Kier alpha value is -0.730. The van der Waals surface area contributed by atoms with Crippen LogP contribution >= 0.6 is 11.6 Å². The summed E-state index contributed by atoms with van der Waals surface area (Å²) in [4.78, 5) is 0. The minimum atomic E-state index is -0.589. The van der Waals surface area contributed by atoms with Crippen LogP contribution in [0.25, 0.3) is 0 Å². The summed E-state index contributed by atoms with van der Waals surface area (Å²) in [6.45, 7) is 2.06. The van der Waals surface area contributed by atoms with Crippen molar-refractivity contribution in [2.45, 2.75) is 57.5 Å². The molecule has 0 atom stereocenters. The zero-order chi connectivity index (χ0) is 12.9. The standard InChI is InChI=1S/C15H19ClO2/c1-9-10-4-2-3-5-11(10)13(16)14(17)12(9)8-15(18)6-7-15/h17-18H,2-8H2,1H3. The Morgan fingerprint density at radius 2 is 1.78 bits per heavy atom. The van der Waals surface area contributed by atoms with E-state index in [1.54, 1.807) is 0 Å². The molecule has 2 nitrogen and oxygen atoms in total. The molecule has 0 aromatic heterocycles. The number of aromatic hydroxyl groups is 1. The minimum absolute atomic E-state index is 0.204. The third-order valence-corrected chi connectivity index (χ3v) is 4.87. The van der Waals surface area contributed by atoms with Gasteiger partial charge in [0.15, 0.2) is 0 Å². The summed E-state index contributed by atoms with van der Waals surface area (Å²) in [5, 5.41) is 20.9. The maximum absolute atomic E-state index is 10.3. The zero-order valence-corrected chi connectivity index (χ0v) is 11.5. The van der Waals surface area contributed by atoms with Crippen LogP contribution in [0.4, 0.5) is 0 Å². The van der Waals surface area contributed by atoms with Gasteiger partial charge in [-0.25, -0.2) is 0 Å². The Morgan fingerprint density at radius 1 is 1.17 bits per heavy atom. The molecule has 1 aromatic rings. The molecule has 0 bridgehead atoms. The van der Waals surface area contributed by atoms with E-state index < -0.39 is 5.60 Å². The summed E-state index contributed by atoms with van der Waals surface area (Å²) in [5.74, 6) is 0.204. The molecule has 98 valence electrons. The van der Waals surface area contributed by atoms with Gasteiger partial charge in [0.2, 0.25) is 0 Å². The molecule has 3 rings (SSSR count). The molecule has 2 aliphatic rings. The van der Waals surface area contributed by atoms with Crippen LogP contribution in [0.1, 0.15) is 47.9 Å². The van der Waals surface area contributed by atoms with E-state index in [0.29, 0.717) is 11.4 Å². The van der Waals surface area contributed by atoms with Gasteiger partial charge in [-0.2, -0.15) is 0 Å². The van der Waals surface area contributed by atoms with Crippen LogP contribution in [0.5, 0.6) is 5.75 Å². The van der Waals surface area contributed by atoms with Gasteiger partial charge in [-0.3, -0.25) is 0 Å². The number of benzene rings is 1. The Balaban J connectivity index is 2.10. The first-order chi connectivity index (χ1) is 8.52. The molecular weight excluding hydrogens is 248 g/mol. The smallest absolute Gasteiger partial charge is 0.138 e. The predicted octanol–water partition coefficient (Wildman–Crippen LogP) is 3.30. The summed E-state index contributed by atoms with van der Waals surface area (Å²) in [7, 11) is 0. The van der Waals surface area contributed by atoms with Gasteiger partial charge in [0.1, 0.15) is 5.75 Å². The van der Waals surface area contributed by atoms with Gasteiger partial charge in [0.05, 0.1) is 10.6 Å². The number of fused-ring (bicyclic) bond motifs is 1. The van der Waals surface area contributed by atoms with Gasteiger partial charge >= 0.3 is 0 Å². The van der Waals surface area contributed by atoms with E-state index in [2.05, 4.69) is 6.92 Å². The monoisotopic (exact) mass is 266 g/mol. The van der Waals surface area contributed by atoms with Gasteiger partial charge in [-0.05, 0) is 62.1 Å². The van der Waals surface area contributed by atoms with Crippen LogP contribution < -0.4 is 0 Å². The molecule has 3 heteroatoms. The van der Waals surface area contributed by atoms with Gasteiger partial charge in [0.25, 0.3) is 0 Å². The first-order valence-electron chi connectivity index (χ1n) is 6.76. The van der Waals surface area contributed by atoms with Crippen LogP contribution in [-0.2, 0) is 19.3 Å². The molecule has 0 amide bonds. The average Bonchev–Trinajstić information content (AvgIpc) is 3.10. The number of phenolic OH excluding ortho intramolecular Hbond substituents is 1. The van der Waals surface area contributed by atoms with Crippen LogP contribution in [0.15, 0.2) is 0 Å². The first kappa shape index (κ1) is 12.3. The summed E-state index contributed by atoms with van der Waals surface area (Å²) >= 11 is 6.31. The average molecular weight is 267 g/mol. The largest absolute Gasteiger partial charge is 0.506 e. The summed E-state index contributed by atoms with van der Waals surface area (Å²) in [5.41, 5.74) is 3.86. The molecule has 2 aliphatic carbocycles. The number of hydrogen-bond donors (Lipinski definition) is 2. The van der Waals surface area contributed by atoms with Crippen molar-refractivity contribution < 1.29 is 10.2 Å². The topological polar surface area (TPSA) is 40.5 Å². The van der Waals surface area contributed by atoms with Crippen molar-refractivity contribution in [3.05, 3.63) is 27.3 Å². The molecule has 0 radical (unpaired) electrons. The van der Waals surface area contributed by atoms with E-state index in [9.17, 15) is 10.2 Å². The van der Waals surface area contributed by atoms with E-state index in [-0.39, 0.29) is 5.75 Å². The first-order valence-corrected chi connectivity index (χ1v) is 7.14. The highest BCUT2D eigenvalue weighted by Crippen LogP contribution is 2.45. The summed E-state index contributed by atoms with van der Waals surface area (Å²) < 4.78 is 0. The lowest BCUT2D eigenvalue weighted by atomic mass is 9.84. The predicted molar refractivity (Wildman–Crippen MR) is 72.4 cm³/mol. The Morgan fingerprint density at radius 3 is 2.39 bits per heavy atom. The molecule has 1 saturated carbocycles. The lowest BCUT2D eigenvalue weighted by molar-refractivity contribution is 0.149. The lowest BCUT2D eigenvalue weighted by Crippen LogP contribution is -2.15. The van der Waals surface area contributed by atoms with Crippen LogP contribution in [0.3, 0.4) is 0 Å². The number of phenols is 1. The maximum Gasteiger partial charge on any atom is 0.138 e. The van der Waals surface area contributed by atoms with Crippen LogP contribution in [-0.4, -0.2) is 15.8 Å². The normalized spacial score (nSPS) is 20.6. The SMILES string of the molecule is Cc1c(CC2(O)CC2)c(O)c(Cl)c2c1CCCC2. The zero-order valence-electron chi connectivity index (χ0n) is 10.7. The van der Waals surface area contributed by atoms with E-state index in [4.69, 9.17) is 11.6 Å². The molecule has 1 fully saturated rings. The van der Waals surface area contributed by atoms with E-state index in [1.165, 1.54) is 12.0 Å². The molecule has 1 aromatic carbocycles. The Labute approximate surface area is 113 Å². The van der Waals surface area contributed by atoms with Crippen LogP contribution in [0, 0.1) is 6.92 Å². The number of hydrogen-bond acceptors (Lipinski definition) is 2. The van der Waals surface area contributed by atoms with Crippen LogP contribution in [0.2, 0.25) is 5.02 Å². The third-order valence-electron chi connectivity index (χ3n) is 4.46. The second kappa shape index (κ2) is 4.14. The molecule has 0 heterocycles. The van der Waals surface area contributed by atoms with Gasteiger partial charge in [0, 0.05) is 12.0 Å². The van der Waals surface area contributed by atoms with Gasteiger partial charge in [-0.1, -0.05) is 11.6 Å². The number of halogens is 1. The fourth-order valence-electron chi connectivity index (χ4n) is 3.06. The van der Waals surface area contributed by atoms with Crippen molar-refractivity contribution in [1.82, 2.24) is 0 Å². The number of aliphatic hydroxyl groups is 1. The van der Waals surface area contributed by atoms with E-state index >= 15 is 0 Å². The van der Waals surface area contributed by atoms with Crippen molar-refractivity contribution in [3.63, 3.8) is 0 Å². The highest BCUT2D eigenvalue weighted by Gasteiger charge is 2.41. The molecule has 0 saturated heterocycles. The fraction of sp³-hybridized carbons (Fsp3) is 0.600. The molecule has 0 aliphatic heterocycles. The Kier molecular flexibility index (Phi) is 2.83. The molecule has 0 unspecified atom stereocenters. The summed E-state index contributed by atoms with van der Waals surface area (Å²) in [6.07, 6.45) is 6.56. The van der Waals surface area contributed by atoms with Crippen molar-refractivity contribution in [2.24, 2.45) is 0 Å². The lowest BCUT2D eigenvalue weighted by Gasteiger charge is -2.24. The van der Waals surface area contributed by atoms with E-state index in [0.717, 1.165) is 48.8 Å². The third kappa shape index (κ3) is 1.92. The van der Waals surface area contributed by atoms with Gasteiger partial charge in [-0.15, -0.1) is 0 Å². The quantitative estimate of drug-likeness (QED) is 0.862. The van der Waals surface area contributed by atoms with Crippen molar-refractivity contribution in [3.8, 4) is 5.75 Å². The van der Waals surface area contributed by atoms with Crippen molar-refractivity contribution >= 4 is 11.6 Å². The molecule has 18 heavy (non-hydrogen) atoms. The second-order valence-corrected chi connectivity index (χ2v) is 6.21. The van der Waals surface area contributed by atoms with E-state index in [1.807, 2.05) is 0 Å². The highest BCUT2D eigenvalue weighted by molar-refractivity contribution is 6.33. The van der Waals surface area contributed by atoms with Gasteiger partial charge < -0.3 is 10.2 Å². The highest BCUT2D eigenvalue weighted by atomic mass is 35.5. The Bertz CT molecular complexity index is 504. The second-order valence-electron chi connectivity index (χ2n) is 5.83.